The van der Waals surface area contributed by atoms with Crippen LogP contribution in [0.1, 0.15) is 35.2 Å². The first-order chi connectivity index (χ1) is 22.8. The number of thiazole rings is 1. The summed E-state index contributed by atoms with van der Waals surface area (Å²) >= 11 is 1.09. The van der Waals surface area contributed by atoms with Crippen LogP contribution in [0.2, 0.25) is 0 Å². The summed E-state index contributed by atoms with van der Waals surface area (Å²) in [5, 5.41) is 11.7. The average molecular weight is 648 g/mol. The number of benzene rings is 4. The molecule has 0 spiro atoms. The van der Waals surface area contributed by atoms with E-state index in [-0.39, 0.29) is 28.0 Å². The molecule has 4 aromatic carbocycles. The van der Waals surface area contributed by atoms with Gasteiger partial charge in [-0.05, 0) is 47.9 Å². The first-order valence-corrected chi connectivity index (χ1v) is 15.5. The van der Waals surface area contributed by atoms with Crippen molar-refractivity contribution in [3.05, 3.63) is 166 Å². The first-order valence-electron chi connectivity index (χ1n) is 14.7. The fraction of sp³-hybridized carbons (Fsp3) is 0.139. The molecule has 236 valence electrons. The second-order valence-electron chi connectivity index (χ2n) is 10.6. The van der Waals surface area contributed by atoms with E-state index >= 15 is 0 Å². The van der Waals surface area contributed by atoms with Crippen LogP contribution in [0, 0.1) is 10.1 Å². The molecule has 0 fully saturated rings. The predicted octanol–water partition coefficient (Wildman–Crippen LogP) is 5.47. The summed E-state index contributed by atoms with van der Waals surface area (Å²) in [5.41, 5.74) is 2.60. The largest absolute Gasteiger partial charge is 0.493 e. The van der Waals surface area contributed by atoms with Crippen molar-refractivity contribution >= 4 is 29.1 Å². The van der Waals surface area contributed by atoms with Crippen LogP contribution in [0.3, 0.4) is 0 Å². The monoisotopic (exact) mass is 647 g/mol. The van der Waals surface area contributed by atoms with E-state index in [4.69, 9.17) is 14.2 Å². The zero-order valence-corrected chi connectivity index (χ0v) is 26.3. The highest BCUT2D eigenvalue weighted by atomic mass is 32.1. The molecule has 1 aromatic heterocycles. The van der Waals surface area contributed by atoms with E-state index in [0.29, 0.717) is 34.2 Å². The van der Waals surface area contributed by atoms with Gasteiger partial charge in [0.25, 0.3) is 11.2 Å². The highest BCUT2D eigenvalue weighted by Crippen LogP contribution is 2.36. The Morgan fingerprint density at radius 2 is 1.60 bits per heavy atom. The van der Waals surface area contributed by atoms with Crippen LogP contribution in [-0.2, 0) is 22.7 Å². The summed E-state index contributed by atoms with van der Waals surface area (Å²) < 4.78 is 19.2. The fourth-order valence-electron chi connectivity index (χ4n) is 5.32. The number of hydrogen-bond donors (Lipinski definition) is 0. The molecule has 1 atom stereocenters. The van der Waals surface area contributed by atoms with Crippen LogP contribution in [0.4, 0.5) is 5.69 Å². The van der Waals surface area contributed by atoms with E-state index in [1.165, 1.54) is 23.8 Å². The van der Waals surface area contributed by atoms with Gasteiger partial charge in [0.15, 0.2) is 16.3 Å². The summed E-state index contributed by atoms with van der Waals surface area (Å²) in [7, 11) is 1.52. The van der Waals surface area contributed by atoms with E-state index in [0.717, 1.165) is 22.5 Å². The van der Waals surface area contributed by atoms with Crippen LogP contribution in [-0.4, -0.2) is 22.6 Å². The third-order valence-corrected chi connectivity index (χ3v) is 8.60. The lowest BCUT2D eigenvalue weighted by molar-refractivity contribution is -0.385. The van der Waals surface area contributed by atoms with Crippen molar-refractivity contribution in [2.75, 3.05) is 7.11 Å². The van der Waals surface area contributed by atoms with Gasteiger partial charge in [-0.2, -0.15) is 0 Å². The Morgan fingerprint density at radius 1 is 0.936 bits per heavy atom. The number of ether oxygens (including phenoxy) is 3. The van der Waals surface area contributed by atoms with Crippen molar-refractivity contribution in [2.45, 2.75) is 26.2 Å². The summed E-state index contributed by atoms with van der Waals surface area (Å²) in [6.45, 7) is 2.04. The van der Waals surface area contributed by atoms with Gasteiger partial charge in [-0.25, -0.2) is 9.79 Å². The number of nitrogens with zero attached hydrogens (tertiary/aromatic N) is 3. The lowest BCUT2D eigenvalue weighted by Gasteiger charge is -2.25. The molecule has 0 radical (unpaired) electrons. The summed E-state index contributed by atoms with van der Waals surface area (Å²) in [4.78, 5) is 44.0. The summed E-state index contributed by atoms with van der Waals surface area (Å²) in [5.74, 6) is 0.265. The highest BCUT2D eigenvalue weighted by molar-refractivity contribution is 7.07. The molecule has 1 aliphatic heterocycles. The lowest BCUT2D eigenvalue weighted by Crippen LogP contribution is -2.40. The third-order valence-electron chi connectivity index (χ3n) is 7.61. The molecule has 11 heteroatoms. The van der Waals surface area contributed by atoms with E-state index < -0.39 is 22.5 Å². The number of rotatable bonds is 10. The molecule has 6 rings (SSSR count). The number of carbonyl (C=O) groups excluding carboxylic acids is 1. The summed E-state index contributed by atoms with van der Waals surface area (Å²) in [6, 6.07) is 29.5. The van der Waals surface area contributed by atoms with E-state index in [1.807, 2.05) is 60.7 Å². The molecule has 0 saturated carbocycles. The van der Waals surface area contributed by atoms with Gasteiger partial charge in [-0.15, -0.1) is 0 Å². The maximum Gasteiger partial charge on any atom is 0.338 e. The number of hydrogen-bond acceptors (Lipinski definition) is 9. The zero-order chi connectivity index (χ0) is 32.9. The smallest absolute Gasteiger partial charge is 0.338 e. The molecular formula is C36H29N3O7S. The van der Waals surface area contributed by atoms with Crippen LogP contribution < -0.4 is 24.4 Å². The molecule has 0 bridgehead atoms. The number of aromatic nitrogens is 1. The third kappa shape index (κ3) is 6.61. The number of carbonyl (C=O) groups is 1. The maximum atomic E-state index is 14.1. The topological polar surface area (TPSA) is 122 Å². The normalized spacial score (nSPS) is 14.3. The molecule has 2 heterocycles. The molecule has 5 aromatic rings. The zero-order valence-electron chi connectivity index (χ0n) is 25.5. The minimum absolute atomic E-state index is 0.0286. The molecule has 1 unspecified atom stereocenters. The number of para-hydroxylation sites is 1. The van der Waals surface area contributed by atoms with Gasteiger partial charge >= 0.3 is 5.97 Å². The van der Waals surface area contributed by atoms with Gasteiger partial charge in [-0.3, -0.25) is 19.5 Å². The van der Waals surface area contributed by atoms with Gasteiger partial charge in [0.05, 0.1) is 39.4 Å². The van der Waals surface area contributed by atoms with Crippen molar-refractivity contribution in [1.82, 2.24) is 4.57 Å². The molecule has 0 aliphatic carbocycles. The highest BCUT2D eigenvalue weighted by Gasteiger charge is 2.34. The van der Waals surface area contributed by atoms with Crippen molar-refractivity contribution in [2.24, 2.45) is 4.99 Å². The number of allylic oxidation sites excluding steroid dienone is 1. The molecular weight excluding hydrogens is 618 g/mol. The van der Waals surface area contributed by atoms with Crippen molar-refractivity contribution in [1.29, 1.82) is 0 Å². The van der Waals surface area contributed by atoms with Crippen molar-refractivity contribution in [3.8, 4) is 11.5 Å². The minimum Gasteiger partial charge on any atom is -0.493 e. The fourth-order valence-corrected chi connectivity index (χ4v) is 6.36. The second-order valence-corrected chi connectivity index (χ2v) is 11.7. The second kappa shape index (κ2) is 13.7. The van der Waals surface area contributed by atoms with Gasteiger partial charge in [0, 0.05) is 6.07 Å². The minimum atomic E-state index is -0.931. The number of nitro groups is 1. The van der Waals surface area contributed by atoms with Crippen molar-refractivity contribution in [3.63, 3.8) is 0 Å². The molecule has 0 amide bonds. The van der Waals surface area contributed by atoms with Crippen molar-refractivity contribution < 1.29 is 23.9 Å². The Balaban J connectivity index is 1.45. The standard InChI is InChI=1S/C36H29N3O7S/c1-23-32(35(41)46-22-25-13-7-4-8-14-25)33(27-17-18-29(30(19-27)44-2)45-21-24-11-5-3-6-12-24)38-34(40)31(47-36(38)37-23)20-26-15-9-10-16-28(26)39(42)43/h3-20,33H,21-22H2,1-2H3. The number of nitro benzene ring substituents is 1. The van der Waals surface area contributed by atoms with Crippen LogP contribution in [0.5, 0.6) is 11.5 Å². The van der Waals surface area contributed by atoms with Gasteiger partial charge in [-0.1, -0.05) is 90.2 Å². The van der Waals surface area contributed by atoms with Crippen LogP contribution >= 0.6 is 11.3 Å². The Bertz CT molecular complexity index is 2170. The predicted molar refractivity (Wildman–Crippen MR) is 177 cm³/mol. The molecule has 10 nitrogen and oxygen atoms in total. The Kier molecular flexibility index (Phi) is 9.07. The molecule has 0 N–H and O–H groups in total. The van der Waals surface area contributed by atoms with E-state index in [1.54, 1.807) is 43.3 Å². The summed E-state index contributed by atoms with van der Waals surface area (Å²) in [6.07, 6.45) is 1.48. The molecule has 47 heavy (non-hydrogen) atoms. The van der Waals surface area contributed by atoms with E-state index in [9.17, 15) is 19.7 Å². The number of esters is 1. The average Bonchev–Trinajstić information content (AvgIpc) is 3.40. The van der Waals surface area contributed by atoms with Gasteiger partial charge in [0.2, 0.25) is 0 Å². The maximum absolute atomic E-state index is 14.1. The Morgan fingerprint density at radius 3 is 2.28 bits per heavy atom. The van der Waals surface area contributed by atoms with Gasteiger partial charge < -0.3 is 14.2 Å². The van der Waals surface area contributed by atoms with Gasteiger partial charge in [0.1, 0.15) is 13.2 Å². The Hall–Kier alpha value is -5.81. The van der Waals surface area contributed by atoms with Crippen LogP contribution in [0.15, 0.2) is 124 Å². The first kappa shape index (κ1) is 31.2. The van der Waals surface area contributed by atoms with E-state index in [2.05, 4.69) is 4.99 Å². The number of fused-ring (bicyclic) bond motifs is 1. The Labute approximate surface area is 273 Å². The molecule has 1 aliphatic rings. The quantitative estimate of drug-likeness (QED) is 0.112. The number of methoxy groups -OCH3 is 1. The molecule has 0 saturated heterocycles. The lowest BCUT2D eigenvalue weighted by atomic mass is 9.95. The SMILES string of the molecule is COc1cc(C2C(C(=O)OCc3ccccc3)=C(C)N=c3sc(=Cc4ccccc4[N+](=O)[O-])c(=O)n32)ccc1OCc1ccccc1. The van der Waals surface area contributed by atoms with Crippen LogP contribution in [0.25, 0.3) is 6.08 Å².